The summed E-state index contributed by atoms with van der Waals surface area (Å²) in [4.78, 5) is 15.3. The molecule has 0 bridgehead atoms. The lowest BCUT2D eigenvalue weighted by molar-refractivity contribution is 0.0686. The molecule has 0 aliphatic carbocycles. The number of imidazole rings is 1. The third kappa shape index (κ3) is 2.02. The number of rotatable bonds is 2. The first-order valence-electron chi connectivity index (χ1n) is 5.82. The zero-order valence-electron chi connectivity index (χ0n) is 9.84. The van der Waals surface area contributed by atoms with E-state index in [2.05, 4.69) is 4.98 Å². The zero-order valence-corrected chi connectivity index (χ0v) is 10.6. The number of carbonyl (C=O) groups is 1. The maximum atomic E-state index is 11.2. The van der Waals surface area contributed by atoms with Crippen LogP contribution in [0.4, 0.5) is 0 Å². The van der Waals surface area contributed by atoms with Crippen LogP contribution in [0.2, 0.25) is 5.22 Å². The Hall–Kier alpha value is -1.79. The van der Waals surface area contributed by atoms with Crippen molar-refractivity contribution in [1.82, 2.24) is 9.55 Å². The molecule has 0 amide bonds. The summed E-state index contributed by atoms with van der Waals surface area (Å²) in [5, 5.41) is 19.1. The second-order valence-corrected chi connectivity index (χ2v) is 4.82. The van der Waals surface area contributed by atoms with Crippen LogP contribution in [-0.4, -0.2) is 31.8 Å². The molecular weight excluding hydrogens is 272 g/mol. The molecule has 6 nitrogen and oxygen atoms in total. The van der Waals surface area contributed by atoms with Crippen LogP contribution in [0.1, 0.15) is 22.6 Å². The van der Waals surface area contributed by atoms with Gasteiger partial charge in [-0.3, -0.25) is 0 Å². The van der Waals surface area contributed by atoms with Crippen LogP contribution < -0.4 is 0 Å². The van der Waals surface area contributed by atoms with Crippen LogP contribution in [0.25, 0.3) is 11.6 Å². The third-order valence-corrected chi connectivity index (χ3v) is 3.38. The number of nitrogens with zero attached hydrogens (tertiary/aromatic N) is 2. The number of carboxylic acids is 1. The van der Waals surface area contributed by atoms with E-state index >= 15 is 0 Å². The summed E-state index contributed by atoms with van der Waals surface area (Å²) in [5.74, 6) is -0.296. The van der Waals surface area contributed by atoms with Gasteiger partial charge in [0.2, 0.25) is 0 Å². The van der Waals surface area contributed by atoms with Gasteiger partial charge in [-0.1, -0.05) is 0 Å². The van der Waals surface area contributed by atoms with E-state index in [9.17, 15) is 15.0 Å². The second-order valence-electron chi connectivity index (χ2n) is 4.44. The molecule has 1 atom stereocenters. The van der Waals surface area contributed by atoms with Gasteiger partial charge in [-0.2, -0.15) is 0 Å². The minimum absolute atomic E-state index is 0.00872. The lowest BCUT2D eigenvalue weighted by Gasteiger charge is -2.21. The van der Waals surface area contributed by atoms with Crippen molar-refractivity contribution in [2.24, 2.45) is 0 Å². The second kappa shape index (κ2) is 4.40. The van der Waals surface area contributed by atoms with Crippen molar-refractivity contribution in [1.29, 1.82) is 0 Å². The van der Waals surface area contributed by atoms with Crippen molar-refractivity contribution < 1.29 is 19.4 Å². The number of hydrogen-bond donors (Lipinski definition) is 2. The first-order chi connectivity index (χ1) is 9.06. The Bertz CT molecular complexity index is 646. The maximum Gasteiger partial charge on any atom is 0.356 e. The van der Waals surface area contributed by atoms with Gasteiger partial charge in [-0.15, -0.1) is 0 Å². The molecule has 7 heteroatoms. The fourth-order valence-electron chi connectivity index (χ4n) is 2.34. The molecule has 0 saturated heterocycles. The number of aromatic carboxylic acids is 1. The summed E-state index contributed by atoms with van der Waals surface area (Å²) in [6.45, 7) is 0.309. The largest absolute Gasteiger partial charge is 0.476 e. The van der Waals surface area contributed by atoms with Crippen molar-refractivity contribution in [3.63, 3.8) is 0 Å². The molecule has 0 radical (unpaired) electrons. The summed E-state index contributed by atoms with van der Waals surface area (Å²) in [6.07, 6.45) is 0.502. The SMILES string of the molecule is O=C(O)c1nc(-c2ccc(Cl)o2)n2c1CCC(O)C2. The number of hydrogen-bond acceptors (Lipinski definition) is 4. The minimum Gasteiger partial charge on any atom is -0.476 e. The molecule has 1 unspecified atom stereocenters. The molecule has 2 N–H and O–H groups in total. The average Bonchev–Trinajstić information content (AvgIpc) is 2.92. The van der Waals surface area contributed by atoms with E-state index in [0.717, 1.165) is 0 Å². The topological polar surface area (TPSA) is 88.5 Å². The zero-order chi connectivity index (χ0) is 13.6. The monoisotopic (exact) mass is 282 g/mol. The summed E-state index contributed by atoms with van der Waals surface area (Å²) < 4.78 is 6.96. The lowest BCUT2D eigenvalue weighted by Crippen LogP contribution is -2.25. The van der Waals surface area contributed by atoms with E-state index in [1.165, 1.54) is 0 Å². The third-order valence-electron chi connectivity index (χ3n) is 3.18. The quantitative estimate of drug-likeness (QED) is 0.877. The molecule has 19 heavy (non-hydrogen) atoms. The van der Waals surface area contributed by atoms with Gasteiger partial charge in [0, 0.05) is 0 Å². The van der Waals surface area contributed by atoms with Crippen LogP contribution in [0, 0.1) is 0 Å². The fourth-order valence-corrected chi connectivity index (χ4v) is 2.48. The minimum atomic E-state index is -1.08. The summed E-state index contributed by atoms with van der Waals surface area (Å²) in [6, 6.07) is 3.20. The van der Waals surface area contributed by atoms with Crippen molar-refractivity contribution in [3.05, 3.63) is 28.7 Å². The molecule has 0 fully saturated rings. The Morgan fingerprint density at radius 3 is 2.95 bits per heavy atom. The summed E-state index contributed by atoms with van der Waals surface area (Å²) >= 11 is 5.72. The molecule has 0 spiro atoms. The van der Waals surface area contributed by atoms with Crippen LogP contribution in [-0.2, 0) is 13.0 Å². The van der Waals surface area contributed by atoms with Crippen LogP contribution in [0.5, 0.6) is 0 Å². The van der Waals surface area contributed by atoms with E-state index in [1.807, 2.05) is 0 Å². The van der Waals surface area contributed by atoms with E-state index in [1.54, 1.807) is 16.7 Å². The van der Waals surface area contributed by atoms with Gasteiger partial charge < -0.3 is 19.2 Å². The highest BCUT2D eigenvalue weighted by Gasteiger charge is 2.28. The number of carboxylic acid groups (broad SMARTS) is 1. The number of aromatic nitrogens is 2. The number of furan rings is 1. The molecule has 100 valence electrons. The van der Waals surface area contributed by atoms with Crippen LogP contribution >= 0.6 is 11.6 Å². The lowest BCUT2D eigenvalue weighted by atomic mass is 10.1. The van der Waals surface area contributed by atoms with Gasteiger partial charge in [0.25, 0.3) is 0 Å². The first kappa shape index (κ1) is 12.3. The van der Waals surface area contributed by atoms with E-state index in [0.29, 0.717) is 36.7 Å². The molecular formula is C12H11ClN2O4. The molecule has 0 aromatic carbocycles. The highest BCUT2D eigenvalue weighted by molar-refractivity contribution is 6.28. The Balaban J connectivity index is 2.17. The van der Waals surface area contributed by atoms with E-state index in [4.69, 9.17) is 16.0 Å². The molecule has 3 rings (SSSR count). The molecule has 1 aliphatic heterocycles. The van der Waals surface area contributed by atoms with Gasteiger partial charge in [-0.05, 0) is 36.6 Å². The van der Waals surface area contributed by atoms with Gasteiger partial charge in [0.15, 0.2) is 22.5 Å². The number of aliphatic hydroxyl groups is 1. The molecule has 1 aliphatic rings. The molecule has 3 heterocycles. The average molecular weight is 283 g/mol. The predicted molar refractivity (Wildman–Crippen MR) is 66.2 cm³/mol. The van der Waals surface area contributed by atoms with Crippen molar-refractivity contribution in [2.75, 3.05) is 0 Å². The van der Waals surface area contributed by atoms with Gasteiger partial charge in [-0.25, -0.2) is 9.78 Å². The molecule has 2 aromatic rings. The Kier molecular flexibility index (Phi) is 2.83. The predicted octanol–water partition coefficient (Wildman–Crippen LogP) is 1.80. The van der Waals surface area contributed by atoms with E-state index < -0.39 is 12.1 Å². The summed E-state index contributed by atoms with van der Waals surface area (Å²) in [7, 11) is 0. The number of aliphatic hydroxyl groups excluding tert-OH is 1. The van der Waals surface area contributed by atoms with Crippen molar-refractivity contribution in [3.8, 4) is 11.6 Å². The van der Waals surface area contributed by atoms with Crippen LogP contribution in [0.15, 0.2) is 16.5 Å². The number of fused-ring (bicyclic) bond motifs is 1. The molecule has 0 saturated carbocycles. The summed E-state index contributed by atoms with van der Waals surface area (Å²) in [5.41, 5.74) is 0.620. The smallest absolute Gasteiger partial charge is 0.356 e. The molecule has 2 aromatic heterocycles. The highest BCUT2D eigenvalue weighted by Crippen LogP contribution is 2.30. The normalized spacial score (nSPS) is 18.3. The Morgan fingerprint density at radius 1 is 1.53 bits per heavy atom. The van der Waals surface area contributed by atoms with Crippen LogP contribution in [0.3, 0.4) is 0 Å². The fraction of sp³-hybridized carbons (Fsp3) is 0.333. The first-order valence-corrected chi connectivity index (χ1v) is 6.20. The standard InChI is InChI=1S/C12H11ClN2O4/c13-9-4-3-8(19-9)11-14-10(12(17)18)7-2-1-6(16)5-15(7)11/h3-4,6,16H,1-2,5H2,(H,17,18). The van der Waals surface area contributed by atoms with Crippen molar-refractivity contribution >= 4 is 17.6 Å². The highest BCUT2D eigenvalue weighted by atomic mass is 35.5. The Labute approximate surface area is 113 Å². The Morgan fingerprint density at radius 2 is 2.32 bits per heavy atom. The van der Waals surface area contributed by atoms with Gasteiger partial charge in [0.1, 0.15) is 0 Å². The number of halogens is 1. The van der Waals surface area contributed by atoms with Gasteiger partial charge >= 0.3 is 5.97 Å². The van der Waals surface area contributed by atoms with Gasteiger partial charge in [0.05, 0.1) is 18.3 Å². The van der Waals surface area contributed by atoms with E-state index in [-0.39, 0.29) is 10.9 Å². The van der Waals surface area contributed by atoms with Crippen molar-refractivity contribution in [2.45, 2.75) is 25.5 Å². The maximum absolute atomic E-state index is 11.2.